The lowest BCUT2D eigenvalue weighted by Crippen LogP contribution is -2.33. The second-order valence-corrected chi connectivity index (χ2v) is 13.6. The molecule has 0 aliphatic carbocycles. The summed E-state index contributed by atoms with van der Waals surface area (Å²) in [5.41, 5.74) is -0.250. The number of imide groups is 1. The van der Waals surface area contributed by atoms with Gasteiger partial charge in [-0.2, -0.15) is 13.2 Å². The standard InChI is InChI=1S/C32H22Cl2F3N3O6S2/c1-2-46-30(44)15-9-11-18(12-10-15)40-27(42)23-22(19-7-4-8-20(33)24(19)34)26-29(47-25(23)28(40)43)39(31(45)48-26)14-21(41)38-17-6-3-5-16(13-17)32(35,36)37/h3-13,22-23,25H,2,14H2,1H3,(H,38,41)/t22-,23-,25+/m0/s1. The third kappa shape index (κ3) is 6.13. The van der Waals surface area contributed by atoms with Crippen molar-refractivity contribution in [2.24, 2.45) is 5.92 Å². The van der Waals surface area contributed by atoms with Gasteiger partial charge >= 0.3 is 17.0 Å². The maximum absolute atomic E-state index is 14.1. The Morgan fingerprint density at radius 2 is 1.69 bits per heavy atom. The average molecular weight is 737 g/mol. The van der Waals surface area contributed by atoms with Crippen molar-refractivity contribution >= 4 is 81.4 Å². The molecule has 3 atom stereocenters. The number of nitrogens with zero attached hydrogens (tertiary/aromatic N) is 2. The van der Waals surface area contributed by atoms with Gasteiger partial charge in [-0.05, 0) is 61.0 Å². The summed E-state index contributed by atoms with van der Waals surface area (Å²) < 4.78 is 45.8. The van der Waals surface area contributed by atoms with E-state index in [0.29, 0.717) is 10.4 Å². The molecule has 0 saturated carbocycles. The molecule has 3 heterocycles. The van der Waals surface area contributed by atoms with E-state index in [2.05, 4.69) is 5.32 Å². The minimum atomic E-state index is -4.63. The monoisotopic (exact) mass is 735 g/mol. The third-order valence-corrected chi connectivity index (χ3v) is 11.2. The number of thiazole rings is 1. The smallest absolute Gasteiger partial charge is 0.416 e. The van der Waals surface area contributed by atoms with Gasteiger partial charge < -0.3 is 10.1 Å². The number of thioether (sulfide) groups is 1. The molecule has 0 spiro atoms. The molecule has 1 fully saturated rings. The molecule has 2 aliphatic rings. The highest BCUT2D eigenvalue weighted by Gasteiger charge is 2.57. The molecule has 1 N–H and O–H groups in total. The molecule has 2 aliphatic heterocycles. The molecular formula is C32H22Cl2F3N3O6S2. The van der Waals surface area contributed by atoms with Crippen molar-refractivity contribution in [2.75, 3.05) is 16.8 Å². The van der Waals surface area contributed by atoms with Crippen LogP contribution in [-0.4, -0.2) is 40.1 Å². The number of ether oxygens (including phenoxy) is 1. The van der Waals surface area contributed by atoms with Crippen LogP contribution in [0.2, 0.25) is 10.0 Å². The minimum Gasteiger partial charge on any atom is -0.462 e. The number of benzene rings is 3. The van der Waals surface area contributed by atoms with E-state index in [1.54, 1.807) is 25.1 Å². The largest absolute Gasteiger partial charge is 0.462 e. The Hall–Kier alpha value is -4.11. The van der Waals surface area contributed by atoms with Crippen LogP contribution >= 0.6 is 46.3 Å². The second kappa shape index (κ2) is 13.1. The van der Waals surface area contributed by atoms with Crippen molar-refractivity contribution in [3.05, 3.63) is 108 Å². The fraction of sp³-hybridized carbons (Fsp3) is 0.219. The lowest BCUT2D eigenvalue weighted by Gasteiger charge is -2.31. The van der Waals surface area contributed by atoms with Crippen LogP contribution in [0.3, 0.4) is 0 Å². The Labute approximate surface area is 288 Å². The van der Waals surface area contributed by atoms with Gasteiger partial charge in [0.2, 0.25) is 17.7 Å². The first-order chi connectivity index (χ1) is 22.8. The average Bonchev–Trinajstić information content (AvgIpc) is 3.48. The summed E-state index contributed by atoms with van der Waals surface area (Å²) in [6.07, 6.45) is -4.63. The Kier molecular flexibility index (Phi) is 9.20. The summed E-state index contributed by atoms with van der Waals surface area (Å²) in [5.74, 6) is -4.45. The number of nitrogens with one attached hydrogen (secondary N) is 1. The van der Waals surface area contributed by atoms with Crippen LogP contribution in [0.4, 0.5) is 24.5 Å². The van der Waals surface area contributed by atoms with Gasteiger partial charge in [-0.3, -0.25) is 23.7 Å². The summed E-state index contributed by atoms with van der Waals surface area (Å²) in [6, 6.07) is 14.7. The molecule has 1 saturated heterocycles. The first-order valence-electron chi connectivity index (χ1n) is 14.3. The van der Waals surface area contributed by atoms with Gasteiger partial charge in [0.05, 0.1) is 44.4 Å². The number of amides is 3. The van der Waals surface area contributed by atoms with Gasteiger partial charge in [-0.15, -0.1) is 0 Å². The number of carbonyl (C=O) groups excluding carboxylic acids is 4. The third-order valence-electron chi connectivity index (χ3n) is 7.78. The zero-order chi connectivity index (χ0) is 34.5. The molecule has 16 heteroatoms. The lowest BCUT2D eigenvalue weighted by atomic mass is 9.83. The predicted octanol–water partition coefficient (Wildman–Crippen LogP) is 6.85. The summed E-state index contributed by atoms with van der Waals surface area (Å²) >= 11 is 14.7. The first-order valence-corrected chi connectivity index (χ1v) is 16.7. The summed E-state index contributed by atoms with van der Waals surface area (Å²) in [6.45, 7) is 1.25. The van der Waals surface area contributed by atoms with E-state index >= 15 is 0 Å². The first kappa shape index (κ1) is 33.8. The Morgan fingerprint density at radius 3 is 2.38 bits per heavy atom. The van der Waals surface area contributed by atoms with E-state index in [1.165, 1.54) is 30.3 Å². The van der Waals surface area contributed by atoms with Crippen molar-refractivity contribution < 1.29 is 37.1 Å². The van der Waals surface area contributed by atoms with Crippen LogP contribution in [0.1, 0.15) is 39.2 Å². The predicted molar refractivity (Wildman–Crippen MR) is 175 cm³/mol. The Morgan fingerprint density at radius 1 is 0.979 bits per heavy atom. The molecule has 9 nitrogen and oxygen atoms in total. The van der Waals surface area contributed by atoms with Crippen molar-refractivity contribution in [3.63, 3.8) is 0 Å². The zero-order valence-corrected chi connectivity index (χ0v) is 27.7. The highest BCUT2D eigenvalue weighted by atomic mass is 35.5. The summed E-state index contributed by atoms with van der Waals surface area (Å²) in [5, 5.41) is 1.88. The van der Waals surface area contributed by atoms with Crippen LogP contribution in [0.5, 0.6) is 0 Å². The van der Waals surface area contributed by atoms with Crippen LogP contribution in [0.25, 0.3) is 0 Å². The number of fused-ring (bicyclic) bond motifs is 2. The number of anilines is 2. The van der Waals surface area contributed by atoms with Crippen LogP contribution < -0.4 is 15.1 Å². The van der Waals surface area contributed by atoms with Crippen molar-refractivity contribution in [2.45, 2.75) is 35.8 Å². The van der Waals surface area contributed by atoms with E-state index in [-0.39, 0.29) is 38.6 Å². The number of esters is 1. The number of carbonyl (C=O) groups is 4. The number of halogens is 5. The highest BCUT2D eigenvalue weighted by molar-refractivity contribution is 8.00. The van der Waals surface area contributed by atoms with Gasteiger partial charge in [-0.1, -0.05) is 64.5 Å². The van der Waals surface area contributed by atoms with Gasteiger partial charge in [0.1, 0.15) is 11.8 Å². The van der Waals surface area contributed by atoms with E-state index in [1.807, 2.05) is 0 Å². The van der Waals surface area contributed by atoms with Gasteiger partial charge in [0, 0.05) is 16.5 Å². The Bertz CT molecular complexity index is 2030. The number of aromatic nitrogens is 1. The minimum absolute atomic E-state index is 0.118. The summed E-state index contributed by atoms with van der Waals surface area (Å²) in [7, 11) is 0. The van der Waals surface area contributed by atoms with Crippen molar-refractivity contribution in [3.8, 4) is 0 Å². The van der Waals surface area contributed by atoms with Gasteiger partial charge in [0.25, 0.3) is 0 Å². The van der Waals surface area contributed by atoms with E-state index in [9.17, 15) is 37.1 Å². The quantitative estimate of drug-likeness (QED) is 0.163. The Balaban J connectivity index is 1.38. The zero-order valence-electron chi connectivity index (χ0n) is 24.5. The fourth-order valence-corrected chi connectivity index (χ4v) is 8.87. The second-order valence-electron chi connectivity index (χ2n) is 10.7. The van der Waals surface area contributed by atoms with Crippen LogP contribution in [0.15, 0.2) is 76.6 Å². The fourth-order valence-electron chi connectivity index (χ4n) is 5.68. The molecule has 0 bridgehead atoms. The molecule has 248 valence electrons. The maximum Gasteiger partial charge on any atom is 0.416 e. The molecular weight excluding hydrogens is 714 g/mol. The molecule has 0 radical (unpaired) electrons. The van der Waals surface area contributed by atoms with Crippen LogP contribution in [0, 0.1) is 5.92 Å². The van der Waals surface area contributed by atoms with Gasteiger partial charge in [0.15, 0.2) is 0 Å². The molecule has 4 aromatic rings. The number of hydrogen-bond acceptors (Lipinski definition) is 8. The highest BCUT2D eigenvalue weighted by Crippen LogP contribution is 2.55. The molecule has 48 heavy (non-hydrogen) atoms. The lowest BCUT2D eigenvalue weighted by molar-refractivity contribution is -0.137. The molecule has 3 aromatic carbocycles. The number of hydrogen-bond donors (Lipinski definition) is 1. The summed E-state index contributed by atoms with van der Waals surface area (Å²) in [4.78, 5) is 67.5. The van der Waals surface area contributed by atoms with Gasteiger partial charge in [-0.25, -0.2) is 9.69 Å². The number of alkyl halides is 3. The molecule has 1 aromatic heterocycles. The number of rotatable bonds is 7. The van der Waals surface area contributed by atoms with Crippen LogP contribution in [-0.2, 0) is 31.8 Å². The normalized spacial score (nSPS) is 18.8. The SMILES string of the molecule is CCOC(=O)c1ccc(N2C(=O)[C@H]3[C@H](c4cccc(Cl)c4Cl)c4sc(=O)n(CC(=O)Nc5cccc(C(F)(F)F)c5)c4S[C@H]3C2=O)cc1. The van der Waals surface area contributed by atoms with E-state index in [4.69, 9.17) is 27.9 Å². The van der Waals surface area contributed by atoms with Crippen molar-refractivity contribution in [1.82, 2.24) is 4.57 Å². The topological polar surface area (TPSA) is 115 Å². The molecule has 3 amide bonds. The molecule has 6 rings (SSSR count). The molecule has 0 unspecified atom stereocenters. The van der Waals surface area contributed by atoms with E-state index < -0.39 is 63.9 Å². The maximum atomic E-state index is 14.1. The van der Waals surface area contributed by atoms with E-state index in [0.717, 1.165) is 50.8 Å². The van der Waals surface area contributed by atoms with Crippen molar-refractivity contribution in [1.29, 1.82) is 0 Å².